The SMILES string of the molecule is CC(C)CC(=O)Nc1ccc(OCc2cc(C(=O)NC3CCCCC3)no2)cc1. The first kappa shape index (κ1) is 20.9. The van der Waals surface area contributed by atoms with Gasteiger partial charge in [0.15, 0.2) is 11.5 Å². The summed E-state index contributed by atoms with van der Waals surface area (Å²) in [7, 11) is 0. The zero-order valence-electron chi connectivity index (χ0n) is 17.1. The van der Waals surface area contributed by atoms with Crippen LogP contribution in [0.1, 0.15) is 68.6 Å². The molecule has 0 spiro atoms. The standard InChI is InChI=1S/C22H29N3O4/c1-15(2)12-21(26)23-17-8-10-18(11-9-17)28-14-19-13-20(25-29-19)22(27)24-16-6-4-3-5-7-16/h8-11,13,15-16H,3-7,12,14H2,1-2H3,(H,23,26)(H,24,27). The number of nitrogens with one attached hydrogen (secondary N) is 2. The van der Waals surface area contributed by atoms with E-state index in [9.17, 15) is 9.59 Å². The molecule has 1 fully saturated rings. The van der Waals surface area contributed by atoms with Crippen LogP contribution in [-0.2, 0) is 11.4 Å². The topological polar surface area (TPSA) is 93.5 Å². The molecule has 1 aliphatic carbocycles. The summed E-state index contributed by atoms with van der Waals surface area (Å²) in [6, 6.07) is 8.97. The highest BCUT2D eigenvalue weighted by Gasteiger charge is 2.19. The summed E-state index contributed by atoms with van der Waals surface area (Å²) < 4.78 is 10.9. The van der Waals surface area contributed by atoms with Crippen molar-refractivity contribution in [1.29, 1.82) is 0 Å². The van der Waals surface area contributed by atoms with Crippen LogP contribution in [0.5, 0.6) is 5.75 Å². The molecule has 7 heteroatoms. The number of carbonyl (C=O) groups is 2. The summed E-state index contributed by atoms with van der Waals surface area (Å²) in [4.78, 5) is 24.1. The Morgan fingerprint density at radius 3 is 2.59 bits per heavy atom. The molecule has 1 aromatic carbocycles. The molecule has 1 aromatic heterocycles. The summed E-state index contributed by atoms with van der Waals surface area (Å²) in [5.74, 6) is 1.22. The Balaban J connectivity index is 1.46. The Hall–Kier alpha value is -2.83. The molecule has 7 nitrogen and oxygen atoms in total. The fraction of sp³-hybridized carbons (Fsp3) is 0.500. The van der Waals surface area contributed by atoms with Crippen LogP contribution in [0, 0.1) is 5.92 Å². The van der Waals surface area contributed by atoms with Gasteiger partial charge in [-0.1, -0.05) is 38.3 Å². The number of ether oxygens (including phenoxy) is 1. The van der Waals surface area contributed by atoms with Gasteiger partial charge in [0.1, 0.15) is 12.4 Å². The second-order valence-electron chi connectivity index (χ2n) is 7.95. The summed E-state index contributed by atoms with van der Waals surface area (Å²) >= 11 is 0. The van der Waals surface area contributed by atoms with Gasteiger partial charge in [-0.25, -0.2) is 0 Å². The fourth-order valence-corrected chi connectivity index (χ4v) is 3.37. The monoisotopic (exact) mass is 399 g/mol. The maximum absolute atomic E-state index is 12.3. The summed E-state index contributed by atoms with van der Waals surface area (Å²) in [6.07, 6.45) is 6.08. The maximum atomic E-state index is 12.3. The lowest BCUT2D eigenvalue weighted by molar-refractivity contribution is -0.116. The number of hydrogen-bond acceptors (Lipinski definition) is 5. The Kier molecular flexibility index (Phi) is 7.27. The fourth-order valence-electron chi connectivity index (χ4n) is 3.37. The number of anilines is 1. The molecule has 0 bridgehead atoms. The lowest BCUT2D eigenvalue weighted by atomic mass is 9.95. The molecule has 0 saturated heterocycles. The summed E-state index contributed by atoms with van der Waals surface area (Å²) in [6.45, 7) is 4.18. The third kappa shape index (κ3) is 6.62. The van der Waals surface area contributed by atoms with Gasteiger partial charge in [-0.15, -0.1) is 0 Å². The molecule has 1 heterocycles. The molecule has 0 atom stereocenters. The molecule has 0 radical (unpaired) electrons. The highest BCUT2D eigenvalue weighted by Crippen LogP contribution is 2.19. The highest BCUT2D eigenvalue weighted by molar-refractivity contribution is 5.92. The normalized spacial score (nSPS) is 14.6. The zero-order valence-corrected chi connectivity index (χ0v) is 17.1. The van der Waals surface area contributed by atoms with E-state index in [4.69, 9.17) is 9.26 Å². The molecule has 1 saturated carbocycles. The number of nitrogens with zero attached hydrogens (tertiary/aromatic N) is 1. The lowest BCUT2D eigenvalue weighted by Gasteiger charge is -2.22. The second-order valence-corrected chi connectivity index (χ2v) is 7.95. The third-order valence-corrected chi connectivity index (χ3v) is 4.84. The number of benzene rings is 1. The van der Waals surface area contributed by atoms with Crippen molar-refractivity contribution >= 4 is 17.5 Å². The Bertz CT molecular complexity index is 808. The number of amides is 2. The average molecular weight is 399 g/mol. The van der Waals surface area contributed by atoms with Gasteiger partial charge < -0.3 is 19.9 Å². The van der Waals surface area contributed by atoms with Crippen molar-refractivity contribution < 1.29 is 18.8 Å². The summed E-state index contributed by atoms with van der Waals surface area (Å²) in [5.41, 5.74) is 1.00. The van der Waals surface area contributed by atoms with E-state index in [0.717, 1.165) is 31.4 Å². The van der Waals surface area contributed by atoms with Crippen LogP contribution in [0.2, 0.25) is 0 Å². The quantitative estimate of drug-likeness (QED) is 0.690. The molecule has 3 rings (SSSR count). The molecule has 29 heavy (non-hydrogen) atoms. The average Bonchev–Trinajstić information content (AvgIpc) is 3.17. The molecular formula is C22H29N3O4. The van der Waals surface area contributed by atoms with Crippen molar-refractivity contribution in [3.05, 3.63) is 41.8 Å². The number of rotatable bonds is 8. The van der Waals surface area contributed by atoms with E-state index in [1.54, 1.807) is 30.3 Å². The first-order chi connectivity index (χ1) is 14.0. The van der Waals surface area contributed by atoms with Crippen LogP contribution in [0.15, 0.2) is 34.9 Å². The van der Waals surface area contributed by atoms with Gasteiger partial charge >= 0.3 is 0 Å². The van der Waals surface area contributed by atoms with E-state index in [-0.39, 0.29) is 30.2 Å². The van der Waals surface area contributed by atoms with Crippen molar-refractivity contribution in [2.75, 3.05) is 5.32 Å². The summed E-state index contributed by atoms with van der Waals surface area (Å²) in [5, 5.41) is 9.72. The van der Waals surface area contributed by atoms with Crippen molar-refractivity contribution in [2.45, 2.75) is 65.0 Å². The van der Waals surface area contributed by atoms with Crippen LogP contribution < -0.4 is 15.4 Å². The largest absolute Gasteiger partial charge is 0.486 e. The highest BCUT2D eigenvalue weighted by atomic mass is 16.5. The minimum Gasteiger partial charge on any atom is -0.486 e. The first-order valence-corrected chi connectivity index (χ1v) is 10.3. The van der Waals surface area contributed by atoms with E-state index in [2.05, 4.69) is 15.8 Å². The van der Waals surface area contributed by atoms with Crippen molar-refractivity contribution in [1.82, 2.24) is 10.5 Å². The Morgan fingerprint density at radius 2 is 1.90 bits per heavy atom. The van der Waals surface area contributed by atoms with Crippen LogP contribution >= 0.6 is 0 Å². The minimum absolute atomic E-state index is 0.00522. The Labute approximate surface area is 171 Å². The molecule has 2 amide bonds. The van der Waals surface area contributed by atoms with Crippen molar-refractivity contribution in [2.24, 2.45) is 5.92 Å². The van der Waals surface area contributed by atoms with Crippen LogP contribution in [0.25, 0.3) is 0 Å². The van der Waals surface area contributed by atoms with Crippen molar-refractivity contribution in [3.63, 3.8) is 0 Å². The van der Waals surface area contributed by atoms with Gasteiger partial charge in [0.2, 0.25) is 5.91 Å². The van der Waals surface area contributed by atoms with E-state index in [0.29, 0.717) is 23.8 Å². The molecule has 156 valence electrons. The first-order valence-electron chi connectivity index (χ1n) is 10.3. The second kappa shape index (κ2) is 10.1. The van der Waals surface area contributed by atoms with Gasteiger partial charge in [-0.3, -0.25) is 9.59 Å². The van der Waals surface area contributed by atoms with E-state index < -0.39 is 0 Å². The number of aromatic nitrogens is 1. The molecular weight excluding hydrogens is 370 g/mol. The van der Waals surface area contributed by atoms with Crippen LogP contribution in [0.4, 0.5) is 5.69 Å². The molecule has 2 aromatic rings. The number of hydrogen-bond donors (Lipinski definition) is 2. The molecule has 2 N–H and O–H groups in total. The van der Waals surface area contributed by atoms with Crippen LogP contribution in [-0.4, -0.2) is 23.0 Å². The predicted molar refractivity (Wildman–Crippen MR) is 110 cm³/mol. The maximum Gasteiger partial charge on any atom is 0.273 e. The Morgan fingerprint density at radius 1 is 1.17 bits per heavy atom. The molecule has 0 aliphatic heterocycles. The van der Waals surface area contributed by atoms with Gasteiger partial charge in [0.25, 0.3) is 5.91 Å². The van der Waals surface area contributed by atoms with E-state index >= 15 is 0 Å². The van der Waals surface area contributed by atoms with E-state index in [1.165, 1.54) is 6.42 Å². The van der Waals surface area contributed by atoms with Gasteiger partial charge in [0.05, 0.1) is 0 Å². The van der Waals surface area contributed by atoms with Gasteiger partial charge in [-0.05, 0) is 43.0 Å². The molecule has 0 unspecified atom stereocenters. The van der Waals surface area contributed by atoms with Gasteiger partial charge in [0, 0.05) is 24.2 Å². The zero-order chi connectivity index (χ0) is 20.6. The third-order valence-electron chi connectivity index (χ3n) is 4.84. The van der Waals surface area contributed by atoms with Crippen molar-refractivity contribution in [3.8, 4) is 5.75 Å². The van der Waals surface area contributed by atoms with Crippen LogP contribution in [0.3, 0.4) is 0 Å². The van der Waals surface area contributed by atoms with E-state index in [1.807, 2.05) is 13.8 Å². The van der Waals surface area contributed by atoms with Gasteiger partial charge in [-0.2, -0.15) is 0 Å². The minimum atomic E-state index is -0.201. The lowest BCUT2D eigenvalue weighted by Crippen LogP contribution is -2.36. The molecule has 1 aliphatic rings. The number of carbonyl (C=O) groups excluding carboxylic acids is 2. The predicted octanol–water partition coefficient (Wildman–Crippen LogP) is 4.30. The smallest absolute Gasteiger partial charge is 0.273 e.